The van der Waals surface area contributed by atoms with Crippen LogP contribution >= 0.6 is 11.6 Å². The Morgan fingerprint density at radius 3 is 2.50 bits per heavy atom. The number of hydrogen-bond acceptors (Lipinski definition) is 6. The monoisotopic (exact) mass is 506 g/mol. The first kappa shape index (κ1) is 24.1. The molecule has 1 amide bonds. The van der Waals surface area contributed by atoms with E-state index in [-0.39, 0.29) is 6.09 Å². The number of carbonyl (C=O) groups excluding carboxylic acids is 1. The van der Waals surface area contributed by atoms with E-state index in [0.29, 0.717) is 41.8 Å². The minimum atomic E-state index is -0.575. The number of aromatic nitrogens is 3. The molecule has 1 atom stereocenters. The maximum absolute atomic E-state index is 12.7. The number of morpholine rings is 1. The number of benzene rings is 2. The highest BCUT2D eigenvalue weighted by Gasteiger charge is 2.32. The largest absolute Gasteiger partial charge is 0.457 e. The highest BCUT2D eigenvalue weighted by molar-refractivity contribution is 6.34. The van der Waals surface area contributed by atoms with E-state index in [1.165, 1.54) is 0 Å². The maximum Gasteiger partial charge on any atom is 0.410 e. The highest BCUT2D eigenvalue weighted by atomic mass is 35.5. The lowest BCUT2D eigenvalue weighted by molar-refractivity contribution is -0.0443. The van der Waals surface area contributed by atoms with E-state index >= 15 is 0 Å². The molecular formula is C27H27ClN4O4. The summed E-state index contributed by atoms with van der Waals surface area (Å²) in [4.78, 5) is 18.6. The van der Waals surface area contributed by atoms with Crippen LogP contribution in [0, 0.1) is 0 Å². The van der Waals surface area contributed by atoms with Gasteiger partial charge < -0.3 is 19.1 Å². The van der Waals surface area contributed by atoms with Crippen molar-refractivity contribution < 1.29 is 19.0 Å². The minimum absolute atomic E-state index is 0.324. The Morgan fingerprint density at radius 2 is 1.78 bits per heavy atom. The molecule has 5 rings (SSSR count). The molecule has 0 saturated carbocycles. The van der Waals surface area contributed by atoms with Crippen molar-refractivity contribution in [1.82, 2.24) is 19.7 Å². The van der Waals surface area contributed by atoms with Crippen LogP contribution in [-0.2, 0) is 9.47 Å². The molecule has 4 aromatic rings. The standard InChI is InChI=1S/C27H27ClN4O4/c1-27(2,3)36-26(33)31-15-16-34-22(17-31)23-21-13-14-29-25(28)24(21)32(30-23)18-9-11-20(12-10-18)35-19-7-5-4-6-8-19/h4-14,22H,15-17H2,1-3H3. The number of para-hydroxylation sites is 1. The molecule has 2 aromatic carbocycles. The van der Waals surface area contributed by atoms with Gasteiger partial charge in [-0.2, -0.15) is 5.10 Å². The van der Waals surface area contributed by atoms with Crippen molar-refractivity contribution in [3.05, 3.63) is 77.7 Å². The lowest BCUT2D eigenvalue weighted by Crippen LogP contribution is -2.44. The van der Waals surface area contributed by atoms with E-state index in [1.807, 2.05) is 81.4 Å². The first-order chi connectivity index (χ1) is 17.3. The number of nitrogens with zero attached hydrogens (tertiary/aromatic N) is 4. The summed E-state index contributed by atoms with van der Waals surface area (Å²) in [7, 11) is 0. The third kappa shape index (κ3) is 5.15. The molecule has 0 aliphatic carbocycles. The molecule has 0 spiro atoms. The highest BCUT2D eigenvalue weighted by Crippen LogP contribution is 2.34. The molecule has 1 fully saturated rings. The summed E-state index contributed by atoms with van der Waals surface area (Å²) in [6.45, 7) is 6.71. The van der Waals surface area contributed by atoms with Gasteiger partial charge in [0.05, 0.1) is 18.8 Å². The first-order valence-corrected chi connectivity index (χ1v) is 12.1. The van der Waals surface area contributed by atoms with Gasteiger partial charge in [-0.05, 0) is 63.2 Å². The van der Waals surface area contributed by atoms with Crippen molar-refractivity contribution >= 4 is 28.6 Å². The Labute approximate surface area is 214 Å². The Hall–Kier alpha value is -3.62. The summed E-state index contributed by atoms with van der Waals surface area (Å²) in [6, 6.07) is 19.0. The van der Waals surface area contributed by atoms with Crippen molar-refractivity contribution in [2.75, 3.05) is 19.7 Å². The summed E-state index contributed by atoms with van der Waals surface area (Å²) < 4.78 is 19.3. The van der Waals surface area contributed by atoms with E-state index in [2.05, 4.69) is 4.98 Å². The van der Waals surface area contributed by atoms with Gasteiger partial charge in [-0.25, -0.2) is 14.5 Å². The van der Waals surface area contributed by atoms with Crippen LogP contribution in [0.5, 0.6) is 11.5 Å². The smallest absolute Gasteiger partial charge is 0.410 e. The number of carbonyl (C=O) groups is 1. The molecule has 186 valence electrons. The Balaban J connectivity index is 1.45. The molecule has 1 aliphatic rings. The zero-order chi connectivity index (χ0) is 25.3. The zero-order valence-corrected chi connectivity index (χ0v) is 21.1. The SMILES string of the molecule is CC(C)(C)OC(=O)N1CCOC(c2nn(-c3ccc(Oc4ccccc4)cc3)c3c(Cl)nccc23)C1. The van der Waals surface area contributed by atoms with Crippen molar-refractivity contribution in [3.63, 3.8) is 0 Å². The number of fused-ring (bicyclic) bond motifs is 1. The van der Waals surface area contributed by atoms with Gasteiger partial charge in [0.25, 0.3) is 0 Å². The minimum Gasteiger partial charge on any atom is -0.457 e. The summed E-state index contributed by atoms with van der Waals surface area (Å²) in [5.74, 6) is 1.46. The van der Waals surface area contributed by atoms with Crippen molar-refractivity contribution in [2.24, 2.45) is 0 Å². The van der Waals surface area contributed by atoms with Crippen LogP contribution < -0.4 is 4.74 Å². The first-order valence-electron chi connectivity index (χ1n) is 11.7. The number of ether oxygens (including phenoxy) is 3. The lowest BCUT2D eigenvalue weighted by Gasteiger charge is -2.33. The molecule has 0 N–H and O–H groups in total. The fraction of sp³-hybridized carbons (Fsp3) is 0.296. The summed E-state index contributed by atoms with van der Waals surface area (Å²) in [5.41, 5.74) is 1.58. The molecule has 1 aliphatic heterocycles. The van der Waals surface area contributed by atoms with Crippen LogP contribution in [0.3, 0.4) is 0 Å². The number of halogens is 1. The van der Waals surface area contributed by atoms with Gasteiger partial charge >= 0.3 is 6.09 Å². The van der Waals surface area contributed by atoms with Crippen molar-refractivity contribution in [1.29, 1.82) is 0 Å². The van der Waals surface area contributed by atoms with Gasteiger partial charge in [0, 0.05) is 18.1 Å². The quantitative estimate of drug-likeness (QED) is 0.308. The molecule has 8 nitrogen and oxygen atoms in total. The van der Waals surface area contributed by atoms with Gasteiger partial charge in [0.2, 0.25) is 0 Å². The Morgan fingerprint density at radius 1 is 1.06 bits per heavy atom. The van der Waals surface area contributed by atoms with E-state index < -0.39 is 11.7 Å². The van der Waals surface area contributed by atoms with Crippen LogP contribution in [0.4, 0.5) is 4.79 Å². The molecule has 0 bridgehead atoms. The topological polar surface area (TPSA) is 78.7 Å². The number of pyridine rings is 1. The predicted octanol–water partition coefficient (Wildman–Crippen LogP) is 6.17. The second-order valence-electron chi connectivity index (χ2n) is 9.49. The van der Waals surface area contributed by atoms with Gasteiger partial charge in [-0.3, -0.25) is 0 Å². The maximum atomic E-state index is 12.7. The molecule has 36 heavy (non-hydrogen) atoms. The zero-order valence-electron chi connectivity index (χ0n) is 20.3. The molecule has 1 unspecified atom stereocenters. The molecule has 9 heteroatoms. The second-order valence-corrected chi connectivity index (χ2v) is 9.85. The summed E-state index contributed by atoms with van der Waals surface area (Å²) in [5, 5.41) is 6.02. The fourth-order valence-corrected chi connectivity index (χ4v) is 4.30. The average Bonchev–Trinajstić information content (AvgIpc) is 3.25. The molecule has 3 heterocycles. The van der Waals surface area contributed by atoms with E-state index in [0.717, 1.165) is 16.8 Å². The van der Waals surface area contributed by atoms with Gasteiger partial charge in [0.1, 0.15) is 34.4 Å². The number of amides is 1. The molecule has 2 aromatic heterocycles. The second kappa shape index (κ2) is 9.79. The van der Waals surface area contributed by atoms with E-state index in [1.54, 1.807) is 15.8 Å². The average molecular weight is 507 g/mol. The van der Waals surface area contributed by atoms with E-state index in [9.17, 15) is 4.79 Å². The Kier molecular flexibility index (Phi) is 6.55. The van der Waals surface area contributed by atoms with Gasteiger partial charge in [0.15, 0.2) is 5.15 Å². The molecular weight excluding hydrogens is 480 g/mol. The lowest BCUT2D eigenvalue weighted by atomic mass is 10.1. The number of rotatable bonds is 4. The van der Waals surface area contributed by atoms with Crippen LogP contribution in [0.15, 0.2) is 66.9 Å². The fourth-order valence-electron chi connectivity index (χ4n) is 4.06. The van der Waals surface area contributed by atoms with Crippen LogP contribution in [0.25, 0.3) is 16.6 Å². The van der Waals surface area contributed by atoms with Crippen molar-refractivity contribution in [3.8, 4) is 17.2 Å². The summed E-state index contributed by atoms with van der Waals surface area (Å²) in [6.07, 6.45) is 0.841. The van der Waals surface area contributed by atoms with Crippen LogP contribution in [-0.4, -0.2) is 51.1 Å². The predicted molar refractivity (Wildman–Crippen MR) is 137 cm³/mol. The third-order valence-corrected chi connectivity index (χ3v) is 5.94. The van der Waals surface area contributed by atoms with Crippen LogP contribution in [0.1, 0.15) is 32.6 Å². The van der Waals surface area contributed by atoms with Crippen LogP contribution in [0.2, 0.25) is 5.15 Å². The van der Waals surface area contributed by atoms with Crippen molar-refractivity contribution in [2.45, 2.75) is 32.5 Å². The molecule has 0 radical (unpaired) electrons. The van der Waals surface area contributed by atoms with Gasteiger partial charge in [-0.15, -0.1) is 0 Å². The van der Waals surface area contributed by atoms with E-state index in [4.69, 9.17) is 30.9 Å². The Bertz CT molecular complexity index is 1370. The normalized spacial score (nSPS) is 16.2. The van der Waals surface area contributed by atoms with Gasteiger partial charge in [-0.1, -0.05) is 29.8 Å². The molecule has 1 saturated heterocycles. The number of hydrogen-bond donors (Lipinski definition) is 0. The summed E-state index contributed by atoms with van der Waals surface area (Å²) >= 11 is 6.53. The third-order valence-electron chi connectivity index (χ3n) is 5.66.